The van der Waals surface area contributed by atoms with E-state index >= 15 is 0 Å². The van der Waals surface area contributed by atoms with Crippen molar-refractivity contribution in [3.05, 3.63) is 112 Å². The molecule has 0 aliphatic carbocycles. The lowest BCUT2D eigenvalue weighted by Crippen LogP contribution is -2.38. The van der Waals surface area contributed by atoms with Crippen LogP contribution in [0.2, 0.25) is 10.0 Å². The normalized spacial score (nSPS) is 11.6. The minimum atomic E-state index is -4.20. The molecule has 0 atom stereocenters. The highest BCUT2D eigenvalue weighted by atomic mass is 79.9. The lowest BCUT2D eigenvalue weighted by Gasteiger charge is -2.25. The van der Waals surface area contributed by atoms with Gasteiger partial charge in [-0.1, -0.05) is 57.3 Å². The lowest BCUT2D eigenvalue weighted by molar-refractivity contribution is -0.114. The monoisotopic (exact) mass is 667 g/mol. The van der Waals surface area contributed by atoms with Crippen molar-refractivity contribution in [3.8, 4) is 0 Å². The molecule has 4 aromatic rings. The molecule has 202 valence electrons. The molecule has 0 fully saturated rings. The molecule has 0 heterocycles. The predicted molar refractivity (Wildman–Crippen MR) is 157 cm³/mol. The Morgan fingerprint density at radius 2 is 1.38 bits per heavy atom. The van der Waals surface area contributed by atoms with Gasteiger partial charge in [-0.05, 0) is 78.9 Å². The summed E-state index contributed by atoms with van der Waals surface area (Å²) in [5.41, 5.74) is 0.676. The second-order valence-corrected chi connectivity index (χ2v) is 13.4. The zero-order valence-electron chi connectivity index (χ0n) is 19.9. The average molecular weight is 669 g/mol. The van der Waals surface area contributed by atoms with Crippen LogP contribution in [0.15, 0.2) is 111 Å². The molecule has 0 aromatic heterocycles. The molecule has 0 saturated heterocycles. The Labute approximate surface area is 244 Å². The van der Waals surface area contributed by atoms with Crippen LogP contribution in [0.25, 0.3) is 0 Å². The van der Waals surface area contributed by atoms with E-state index in [1.165, 1.54) is 54.6 Å². The van der Waals surface area contributed by atoms with Crippen molar-refractivity contribution in [3.63, 3.8) is 0 Å². The van der Waals surface area contributed by atoms with Crippen LogP contribution in [0, 0.1) is 0 Å². The molecule has 1 amide bonds. The van der Waals surface area contributed by atoms with E-state index in [9.17, 15) is 21.6 Å². The SMILES string of the molecule is O=C(CN(c1cc(Cl)ccc1Cl)S(=O)(=O)c1ccccc1)Nc1ccc(S(=O)(=O)Nc2ccc(Br)cc2)cc1. The highest BCUT2D eigenvalue weighted by Gasteiger charge is 2.29. The molecule has 0 bridgehead atoms. The smallest absolute Gasteiger partial charge is 0.264 e. The van der Waals surface area contributed by atoms with Gasteiger partial charge in [0.25, 0.3) is 20.0 Å². The number of hydrogen-bond acceptors (Lipinski definition) is 5. The molecular formula is C26H20BrCl2N3O5S2. The maximum Gasteiger partial charge on any atom is 0.264 e. The molecule has 4 rings (SSSR count). The van der Waals surface area contributed by atoms with E-state index in [4.69, 9.17) is 23.2 Å². The van der Waals surface area contributed by atoms with Crippen LogP contribution in [-0.2, 0) is 24.8 Å². The maximum atomic E-state index is 13.5. The van der Waals surface area contributed by atoms with E-state index in [1.54, 1.807) is 42.5 Å². The quantitative estimate of drug-likeness (QED) is 0.215. The zero-order valence-corrected chi connectivity index (χ0v) is 24.6. The summed E-state index contributed by atoms with van der Waals surface area (Å²) >= 11 is 15.7. The molecule has 39 heavy (non-hydrogen) atoms. The maximum absolute atomic E-state index is 13.5. The fourth-order valence-corrected chi connectivity index (χ4v) is 6.69. The van der Waals surface area contributed by atoms with Gasteiger partial charge >= 0.3 is 0 Å². The van der Waals surface area contributed by atoms with E-state index in [-0.39, 0.29) is 31.2 Å². The molecule has 0 saturated carbocycles. The Kier molecular flexibility index (Phi) is 8.87. The van der Waals surface area contributed by atoms with Crippen molar-refractivity contribution in [2.75, 3.05) is 20.9 Å². The largest absolute Gasteiger partial charge is 0.325 e. The number of carbonyl (C=O) groups excluding carboxylic acids is 1. The van der Waals surface area contributed by atoms with Crippen LogP contribution >= 0.6 is 39.1 Å². The minimum Gasteiger partial charge on any atom is -0.325 e. The number of nitrogens with one attached hydrogen (secondary N) is 2. The first-order chi connectivity index (χ1) is 18.5. The van der Waals surface area contributed by atoms with Gasteiger partial charge in [0.1, 0.15) is 6.54 Å². The van der Waals surface area contributed by atoms with Gasteiger partial charge in [0.2, 0.25) is 5.91 Å². The zero-order chi connectivity index (χ0) is 28.2. The van der Waals surface area contributed by atoms with Crippen molar-refractivity contribution in [2.45, 2.75) is 9.79 Å². The third kappa shape index (κ3) is 7.11. The summed E-state index contributed by atoms with van der Waals surface area (Å²) in [5.74, 6) is -0.686. The Hall–Kier alpha value is -3.09. The molecule has 0 aliphatic heterocycles. The molecule has 0 unspecified atom stereocenters. The first kappa shape index (κ1) is 28.9. The van der Waals surface area contributed by atoms with Gasteiger partial charge in [0.05, 0.1) is 20.5 Å². The molecule has 0 spiro atoms. The van der Waals surface area contributed by atoms with Crippen molar-refractivity contribution in [1.82, 2.24) is 0 Å². The van der Waals surface area contributed by atoms with E-state index in [0.717, 1.165) is 8.78 Å². The average Bonchev–Trinajstić information content (AvgIpc) is 2.91. The third-order valence-corrected chi connectivity index (χ3v) is 9.59. The first-order valence-electron chi connectivity index (χ1n) is 11.2. The van der Waals surface area contributed by atoms with Gasteiger partial charge in [-0.3, -0.25) is 13.8 Å². The van der Waals surface area contributed by atoms with E-state index in [2.05, 4.69) is 26.0 Å². The van der Waals surface area contributed by atoms with Crippen LogP contribution < -0.4 is 14.3 Å². The van der Waals surface area contributed by atoms with Crippen LogP contribution in [0.4, 0.5) is 17.1 Å². The number of benzene rings is 4. The highest BCUT2D eigenvalue weighted by Crippen LogP contribution is 2.33. The van der Waals surface area contributed by atoms with Crippen LogP contribution in [0.5, 0.6) is 0 Å². The van der Waals surface area contributed by atoms with E-state index < -0.39 is 32.5 Å². The number of carbonyl (C=O) groups is 1. The van der Waals surface area contributed by atoms with Crippen molar-refractivity contribution < 1.29 is 21.6 Å². The van der Waals surface area contributed by atoms with Gasteiger partial charge in [0.15, 0.2) is 0 Å². The standard InChI is InChI=1S/C26H20BrCl2N3O5S2/c27-18-6-9-21(10-7-18)31-38(34,35)22-13-11-20(12-14-22)30-26(33)17-32(25-16-19(28)8-15-24(25)29)39(36,37)23-4-2-1-3-5-23/h1-16,31H,17H2,(H,30,33). The summed E-state index contributed by atoms with van der Waals surface area (Å²) in [6.07, 6.45) is 0. The van der Waals surface area contributed by atoms with Gasteiger partial charge < -0.3 is 5.32 Å². The van der Waals surface area contributed by atoms with Crippen molar-refractivity contribution in [1.29, 1.82) is 0 Å². The van der Waals surface area contributed by atoms with E-state index in [1.807, 2.05) is 0 Å². The second kappa shape index (κ2) is 12.0. The molecule has 2 N–H and O–H groups in total. The summed E-state index contributed by atoms with van der Waals surface area (Å²) in [6.45, 7) is -0.623. The topological polar surface area (TPSA) is 113 Å². The molecule has 0 radical (unpaired) electrons. The van der Waals surface area contributed by atoms with E-state index in [0.29, 0.717) is 5.69 Å². The predicted octanol–water partition coefficient (Wildman–Crippen LogP) is 6.39. The summed E-state index contributed by atoms with van der Waals surface area (Å²) in [5, 5.41) is 2.91. The van der Waals surface area contributed by atoms with Gasteiger partial charge in [-0.15, -0.1) is 0 Å². The van der Waals surface area contributed by atoms with Gasteiger partial charge in [-0.25, -0.2) is 16.8 Å². The Morgan fingerprint density at radius 1 is 0.769 bits per heavy atom. The Bertz CT molecular complexity index is 1700. The molecule has 4 aromatic carbocycles. The third-order valence-electron chi connectivity index (χ3n) is 5.34. The number of sulfonamides is 2. The van der Waals surface area contributed by atoms with Gasteiger partial charge in [0, 0.05) is 20.9 Å². The first-order valence-corrected chi connectivity index (χ1v) is 15.6. The second-order valence-electron chi connectivity index (χ2n) is 8.11. The summed E-state index contributed by atoms with van der Waals surface area (Å²) < 4.78 is 56.5. The summed E-state index contributed by atoms with van der Waals surface area (Å²) in [6, 6.07) is 24.0. The number of halogens is 3. The van der Waals surface area contributed by atoms with Crippen molar-refractivity contribution >= 4 is 82.1 Å². The lowest BCUT2D eigenvalue weighted by atomic mass is 10.3. The Balaban J connectivity index is 1.55. The number of rotatable bonds is 9. The van der Waals surface area contributed by atoms with Crippen LogP contribution in [-0.4, -0.2) is 29.3 Å². The number of nitrogens with zero attached hydrogens (tertiary/aromatic N) is 1. The molecule has 8 nitrogen and oxygen atoms in total. The number of amides is 1. The molecule has 0 aliphatic rings. The van der Waals surface area contributed by atoms with Crippen molar-refractivity contribution in [2.24, 2.45) is 0 Å². The Morgan fingerprint density at radius 3 is 2.03 bits per heavy atom. The van der Waals surface area contributed by atoms with Crippen LogP contribution in [0.1, 0.15) is 0 Å². The van der Waals surface area contributed by atoms with Crippen LogP contribution in [0.3, 0.4) is 0 Å². The highest BCUT2D eigenvalue weighted by molar-refractivity contribution is 9.10. The minimum absolute atomic E-state index is 0.0255. The summed E-state index contributed by atoms with van der Waals surface area (Å²) in [7, 11) is -8.08. The number of hydrogen-bond donors (Lipinski definition) is 2. The fourth-order valence-electron chi connectivity index (χ4n) is 3.48. The number of anilines is 3. The van der Waals surface area contributed by atoms with Gasteiger partial charge in [-0.2, -0.15) is 0 Å². The summed E-state index contributed by atoms with van der Waals surface area (Å²) in [4.78, 5) is 12.9. The fraction of sp³-hybridized carbons (Fsp3) is 0.0385. The molecular weight excluding hydrogens is 649 g/mol. The molecule has 13 heteroatoms.